The van der Waals surface area contributed by atoms with Crippen LogP contribution < -0.4 is 44.1 Å². The minimum absolute atomic E-state index is 0. The number of nitriles is 1. The predicted molar refractivity (Wildman–Crippen MR) is 90.9 cm³/mol. The molecule has 1 unspecified atom stereocenters. The van der Waals surface area contributed by atoms with Crippen molar-refractivity contribution in [3.05, 3.63) is 57.6 Å². The number of rotatable bonds is 3. The Labute approximate surface area is 190 Å². The van der Waals surface area contributed by atoms with Gasteiger partial charge in [-0.15, -0.1) is 0 Å². The number of ether oxygens (including phenoxy) is 2. The molecular formula is C19H10ClF3NNaO4. The zero-order valence-electron chi connectivity index (χ0n) is 15.1. The van der Waals surface area contributed by atoms with Crippen LogP contribution in [0.4, 0.5) is 13.2 Å². The molecule has 5 nitrogen and oxygen atoms in total. The molecule has 10 heteroatoms. The van der Waals surface area contributed by atoms with Crippen molar-refractivity contribution in [2.45, 2.75) is 19.2 Å². The SMILES string of the molecule is Cc1cc(C#N)ccc1Oc1cc2c(cc1Cl)C=C(C(=O)[O-])C(C(F)(F)F)O2.[Na+]. The number of carbonyl (C=O) groups is 1. The van der Waals surface area contributed by atoms with Crippen molar-refractivity contribution in [3.8, 4) is 23.3 Å². The fraction of sp³-hybridized carbons (Fsp3) is 0.158. The first-order chi connectivity index (χ1) is 13.1. The van der Waals surface area contributed by atoms with E-state index in [1.807, 2.05) is 6.07 Å². The second-order valence-electron chi connectivity index (χ2n) is 5.94. The van der Waals surface area contributed by atoms with Gasteiger partial charge in [0.05, 0.1) is 22.6 Å². The summed E-state index contributed by atoms with van der Waals surface area (Å²) in [5.41, 5.74) is 0.0278. The molecule has 2 aromatic carbocycles. The summed E-state index contributed by atoms with van der Waals surface area (Å²) in [5.74, 6) is -1.87. The number of aliphatic carboxylic acids is 1. The Kier molecular flexibility index (Phi) is 6.91. The Balaban J connectivity index is 0.00000300. The topological polar surface area (TPSA) is 82.4 Å². The molecule has 0 spiro atoms. The van der Waals surface area contributed by atoms with E-state index in [-0.39, 0.29) is 51.6 Å². The third-order valence-corrected chi connectivity index (χ3v) is 4.25. The van der Waals surface area contributed by atoms with Crippen LogP contribution >= 0.6 is 11.6 Å². The van der Waals surface area contributed by atoms with Gasteiger partial charge in [-0.05, 0) is 42.8 Å². The number of halogens is 4. The van der Waals surface area contributed by atoms with Crippen molar-refractivity contribution < 1.29 is 62.1 Å². The molecule has 0 saturated carbocycles. The monoisotopic (exact) mass is 431 g/mol. The van der Waals surface area contributed by atoms with E-state index in [2.05, 4.69) is 0 Å². The van der Waals surface area contributed by atoms with E-state index < -0.39 is 23.8 Å². The molecule has 0 N–H and O–H groups in total. The molecule has 0 fully saturated rings. The summed E-state index contributed by atoms with van der Waals surface area (Å²) in [6.45, 7) is 1.69. The summed E-state index contributed by atoms with van der Waals surface area (Å²) >= 11 is 6.13. The number of alkyl halides is 3. The molecule has 1 heterocycles. The average Bonchev–Trinajstić information content (AvgIpc) is 2.62. The molecule has 29 heavy (non-hydrogen) atoms. The molecule has 0 aromatic heterocycles. The van der Waals surface area contributed by atoms with Crippen LogP contribution in [0.5, 0.6) is 17.2 Å². The van der Waals surface area contributed by atoms with Gasteiger partial charge in [-0.3, -0.25) is 0 Å². The van der Waals surface area contributed by atoms with E-state index in [1.54, 1.807) is 13.0 Å². The summed E-state index contributed by atoms with van der Waals surface area (Å²) in [5, 5.41) is 20.0. The molecular weight excluding hydrogens is 422 g/mol. The van der Waals surface area contributed by atoms with Crippen LogP contribution in [0.2, 0.25) is 5.02 Å². The second kappa shape index (κ2) is 8.67. The smallest absolute Gasteiger partial charge is 0.545 e. The number of carboxylic acids is 1. The van der Waals surface area contributed by atoms with E-state index in [4.69, 9.17) is 26.3 Å². The average molecular weight is 432 g/mol. The molecule has 1 atom stereocenters. The van der Waals surface area contributed by atoms with E-state index in [0.717, 1.165) is 12.1 Å². The van der Waals surface area contributed by atoms with Crippen molar-refractivity contribution in [2.24, 2.45) is 0 Å². The molecule has 0 bridgehead atoms. The van der Waals surface area contributed by atoms with Gasteiger partial charge in [0.2, 0.25) is 6.10 Å². The van der Waals surface area contributed by atoms with Gasteiger partial charge in [0.1, 0.15) is 17.2 Å². The first-order valence-corrected chi connectivity index (χ1v) is 8.16. The Morgan fingerprint density at radius 3 is 2.52 bits per heavy atom. The first kappa shape index (κ1) is 23.1. The number of aryl methyl sites for hydroxylation is 1. The summed E-state index contributed by atoms with van der Waals surface area (Å²) in [4.78, 5) is 11.1. The fourth-order valence-corrected chi connectivity index (χ4v) is 2.85. The van der Waals surface area contributed by atoms with Crippen LogP contribution in [0.15, 0.2) is 35.9 Å². The van der Waals surface area contributed by atoms with E-state index in [9.17, 15) is 23.1 Å². The molecule has 2 aromatic rings. The van der Waals surface area contributed by atoms with Crippen molar-refractivity contribution in [3.63, 3.8) is 0 Å². The number of hydrogen-bond donors (Lipinski definition) is 0. The fourth-order valence-electron chi connectivity index (χ4n) is 2.64. The molecule has 0 amide bonds. The molecule has 3 rings (SSSR count). The Hall–Kier alpha value is -2.18. The summed E-state index contributed by atoms with van der Waals surface area (Å²) in [6, 6.07) is 8.98. The van der Waals surface area contributed by atoms with Crippen molar-refractivity contribution in [2.75, 3.05) is 0 Å². The molecule has 1 aliphatic rings. The Morgan fingerprint density at radius 1 is 1.28 bits per heavy atom. The van der Waals surface area contributed by atoms with Gasteiger partial charge in [0, 0.05) is 17.2 Å². The number of fused-ring (bicyclic) bond motifs is 1. The number of carboxylic acid groups (broad SMARTS) is 1. The van der Waals surface area contributed by atoms with Gasteiger partial charge in [-0.25, -0.2) is 0 Å². The first-order valence-electron chi connectivity index (χ1n) is 7.78. The minimum Gasteiger partial charge on any atom is -0.545 e. The van der Waals surface area contributed by atoms with Crippen LogP contribution in [-0.2, 0) is 4.79 Å². The largest absolute Gasteiger partial charge is 1.00 e. The Bertz CT molecular complexity index is 1050. The van der Waals surface area contributed by atoms with Crippen LogP contribution in [-0.4, -0.2) is 18.2 Å². The number of nitrogens with zero attached hydrogens (tertiary/aromatic N) is 1. The van der Waals surface area contributed by atoms with Crippen LogP contribution in [0.3, 0.4) is 0 Å². The maximum atomic E-state index is 13.2. The summed E-state index contributed by atoms with van der Waals surface area (Å²) < 4.78 is 50.0. The number of carbonyl (C=O) groups excluding carboxylic acids is 1. The summed E-state index contributed by atoms with van der Waals surface area (Å²) in [7, 11) is 0. The number of benzene rings is 2. The van der Waals surface area contributed by atoms with Gasteiger partial charge in [-0.1, -0.05) is 11.6 Å². The maximum Gasteiger partial charge on any atom is 1.00 e. The molecule has 0 aliphatic carbocycles. The zero-order chi connectivity index (χ0) is 20.6. The zero-order valence-corrected chi connectivity index (χ0v) is 17.9. The third-order valence-electron chi connectivity index (χ3n) is 3.96. The minimum atomic E-state index is -4.95. The van der Waals surface area contributed by atoms with Crippen molar-refractivity contribution >= 4 is 23.6 Å². The van der Waals surface area contributed by atoms with Gasteiger partial charge >= 0.3 is 35.7 Å². The maximum absolute atomic E-state index is 13.2. The molecule has 0 saturated heterocycles. The van der Waals surface area contributed by atoms with Crippen molar-refractivity contribution in [1.82, 2.24) is 0 Å². The van der Waals surface area contributed by atoms with Crippen LogP contribution in [0.1, 0.15) is 16.7 Å². The normalized spacial score (nSPS) is 15.2. The van der Waals surface area contributed by atoms with Gasteiger partial charge in [0.25, 0.3) is 0 Å². The van der Waals surface area contributed by atoms with Gasteiger partial charge in [-0.2, -0.15) is 18.4 Å². The second-order valence-corrected chi connectivity index (χ2v) is 6.35. The van der Waals surface area contributed by atoms with Gasteiger partial charge in [0.15, 0.2) is 0 Å². The predicted octanol–water partition coefficient (Wildman–Crippen LogP) is 0.773. The Morgan fingerprint density at radius 2 is 1.97 bits per heavy atom. The quantitative estimate of drug-likeness (QED) is 0.671. The van der Waals surface area contributed by atoms with Crippen molar-refractivity contribution in [1.29, 1.82) is 5.26 Å². The molecule has 0 radical (unpaired) electrons. The van der Waals surface area contributed by atoms with E-state index in [0.29, 0.717) is 16.9 Å². The van der Waals surface area contributed by atoms with Crippen LogP contribution in [0.25, 0.3) is 6.08 Å². The molecule has 144 valence electrons. The van der Waals surface area contributed by atoms with Crippen LogP contribution in [0, 0.1) is 18.3 Å². The third kappa shape index (κ3) is 4.87. The van der Waals surface area contributed by atoms with Gasteiger partial charge < -0.3 is 19.4 Å². The molecule has 1 aliphatic heterocycles. The number of hydrogen-bond acceptors (Lipinski definition) is 5. The summed E-state index contributed by atoms with van der Waals surface area (Å²) in [6.07, 6.45) is -6.81. The van der Waals surface area contributed by atoms with E-state index in [1.165, 1.54) is 18.2 Å². The standard InChI is InChI=1S/C19H11ClF3NO4.Na/c1-9-4-10(8-24)2-3-14(9)27-16-7-15-11(6-13(16)20)5-12(18(25)26)17(28-15)19(21,22)23;/h2-7,17H,1H3,(H,25,26);/q;+1/p-1. The van der Waals surface area contributed by atoms with E-state index >= 15 is 0 Å².